The van der Waals surface area contributed by atoms with Crippen molar-refractivity contribution in [2.45, 2.75) is 18.8 Å². The summed E-state index contributed by atoms with van der Waals surface area (Å²) in [6.07, 6.45) is -4.98. The van der Waals surface area contributed by atoms with E-state index >= 15 is 0 Å². The highest BCUT2D eigenvalue weighted by Gasteiger charge is 2.36. The van der Waals surface area contributed by atoms with Gasteiger partial charge in [0.25, 0.3) is 5.91 Å². The lowest BCUT2D eigenvalue weighted by Crippen LogP contribution is -2.47. The molecule has 3 rings (SSSR count). The Morgan fingerprint density at radius 3 is 2.29 bits per heavy atom. The SMILES string of the molecule is O=C(NC(COCc1ccccc1)C(=O)Nc1ccc(O)cc1)c1ccc(F)cc1C(F)(F)F. The van der Waals surface area contributed by atoms with E-state index < -0.39 is 41.0 Å². The third kappa shape index (κ3) is 6.79. The molecule has 0 aliphatic carbocycles. The number of carbonyl (C=O) groups excluding carboxylic acids is 2. The van der Waals surface area contributed by atoms with Crippen molar-refractivity contribution in [3.8, 4) is 5.75 Å². The molecule has 0 heterocycles. The highest BCUT2D eigenvalue weighted by molar-refractivity contribution is 6.02. The number of alkyl halides is 3. The number of phenols is 1. The molecule has 1 unspecified atom stereocenters. The summed E-state index contributed by atoms with van der Waals surface area (Å²) in [5, 5.41) is 14.1. The predicted molar refractivity (Wildman–Crippen MR) is 115 cm³/mol. The lowest BCUT2D eigenvalue weighted by Gasteiger charge is -2.20. The summed E-state index contributed by atoms with van der Waals surface area (Å²) in [7, 11) is 0. The van der Waals surface area contributed by atoms with Gasteiger partial charge in [0.1, 0.15) is 17.6 Å². The monoisotopic (exact) mass is 476 g/mol. The molecule has 34 heavy (non-hydrogen) atoms. The second-order valence-electron chi connectivity index (χ2n) is 7.25. The van der Waals surface area contributed by atoms with E-state index in [2.05, 4.69) is 10.6 Å². The maximum atomic E-state index is 13.4. The molecule has 178 valence electrons. The summed E-state index contributed by atoms with van der Waals surface area (Å²) < 4.78 is 58.9. The first-order chi connectivity index (χ1) is 16.1. The fraction of sp³-hybridized carbons (Fsp3) is 0.167. The Kier molecular flexibility index (Phi) is 7.85. The van der Waals surface area contributed by atoms with Crippen LogP contribution in [0.15, 0.2) is 72.8 Å². The molecule has 2 amide bonds. The second-order valence-corrected chi connectivity index (χ2v) is 7.25. The van der Waals surface area contributed by atoms with E-state index in [0.29, 0.717) is 6.07 Å². The molecule has 0 fully saturated rings. The van der Waals surface area contributed by atoms with Crippen LogP contribution >= 0.6 is 0 Å². The molecule has 0 spiro atoms. The number of ether oxygens (including phenoxy) is 1. The zero-order valence-corrected chi connectivity index (χ0v) is 17.6. The fourth-order valence-corrected chi connectivity index (χ4v) is 3.01. The van der Waals surface area contributed by atoms with E-state index in [9.17, 15) is 32.3 Å². The van der Waals surface area contributed by atoms with E-state index in [0.717, 1.165) is 11.6 Å². The van der Waals surface area contributed by atoms with Crippen molar-refractivity contribution in [1.82, 2.24) is 5.32 Å². The van der Waals surface area contributed by atoms with Crippen molar-refractivity contribution in [3.63, 3.8) is 0 Å². The molecular weight excluding hydrogens is 456 g/mol. The molecule has 0 saturated carbocycles. The molecular formula is C24H20F4N2O4. The number of phenolic OH excluding ortho intramolecular Hbond substituents is 1. The minimum absolute atomic E-state index is 0.0370. The standard InChI is InChI=1S/C24H20F4N2O4/c25-16-6-11-19(20(12-16)24(26,27)28)22(32)30-21(14-34-13-15-4-2-1-3-5-15)23(33)29-17-7-9-18(31)10-8-17/h1-12,21,31H,13-14H2,(H,29,33)(H,30,32). The van der Waals surface area contributed by atoms with Gasteiger partial charge in [-0.25, -0.2) is 4.39 Å². The Labute approximate surface area is 192 Å². The van der Waals surface area contributed by atoms with Crippen molar-refractivity contribution in [2.24, 2.45) is 0 Å². The minimum Gasteiger partial charge on any atom is -0.508 e. The lowest BCUT2D eigenvalue weighted by atomic mass is 10.1. The largest absolute Gasteiger partial charge is 0.508 e. The van der Waals surface area contributed by atoms with Crippen LogP contribution in [0.2, 0.25) is 0 Å². The third-order valence-electron chi connectivity index (χ3n) is 4.68. The van der Waals surface area contributed by atoms with Crippen LogP contribution < -0.4 is 10.6 Å². The summed E-state index contributed by atoms with van der Waals surface area (Å²) in [6, 6.07) is 14.6. The number of carbonyl (C=O) groups is 2. The van der Waals surface area contributed by atoms with Gasteiger partial charge >= 0.3 is 6.18 Å². The Balaban J connectivity index is 1.78. The first kappa shape index (κ1) is 24.7. The third-order valence-corrected chi connectivity index (χ3v) is 4.68. The highest BCUT2D eigenvalue weighted by Crippen LogP contribution is 2.32. The maximum Gasteiger partial charge on any atom is 0.417 e. The number of halogens is 4. The lowest BCUT2D eigenvalue weighted by molar-refractivity contribution is -0.138. The Bertz CT molecular complexity index is 1140. The Morgan fingerprint density at radius 1 is 0.971 bits per heavy atom. The number of rotatable bonds is 8. The van der Waals surface area contributed by atoms with Crippen LogP contribution in [0.5, 0.6) is 5.75 Å². The van der Waals surface area contributed by atoms with Crippen LogP contribution in [-0.2, 0) is 22.3 Å². The van der Waals surface area contributed by atoms with Crippen molar-refractivity contribution < 1.29 is 37.0 Å². The minimum atomic E-state index is -4.98. The normalized spacial score (nSPS) is 12.1. The predicted octanol–water partition coefficient (Wildman–Crippen LogP) is 4.50. The van der Waals surface area contributed by atoms with Crippen LogP contribution in [0, 0.1) is 5.82 Å². The quantitative estimate of drug-likeness (QED) is 0.330. The second kappa shape index (κ2) is 10.8. The molecule has 3 aromatic carbocycles. The van der Waals surface area contributed by atoms with Crippen molar-refractivity contribution in [1.29, 1.82) is 0 Å². The number of hydrogen-bond donors (Lipinski definition) is 3. The molecule has 0 saturated heterocycles. The topological polar surface area (TPSA) is 87.7 Å². The average Bonchev–Trinajstić information content (AvgIpc) is 2.80. The first-order valence-corrected chi connectivity index (χ1v) is 10.0. The average molecular weight is 476 g/mol. The number of benzene rings is 3. The number of anilines is 1. The smallest absolute Gasteiger partial charge is 0.417 e. The van der Waals surface area contributed by atoms with E-state index in [1.165, 1.54) is 24.3 Å². The zero-order chi connectivity index (χ0) is 24.7. The van der Waals surface area contributed by atoms with Gasteiger partial charge in [0, 0.05) is 5.69 Å². The van der Waals surface area contributed by atoms with Gasteiger partial charge in [-0.05, 0) is 48.0 Å². The molecule has 0 bridgehead atoms. The Hall–Kier alpha value is -3.92. The summed E-state index contributed by atoms with van der Waals surface area (Å²) in [4.78, 5) is 25.5. The van der Waals surface area contributed by atoms with Gasteiger partial charge in [-0.1, -0.05) is 30.3 Å². The van der Waals surface area contributed by atoms with E-state index in [1.807, 2.05) is 0 Å². The van der Waals surface area contributed by atoms with Crippen LogP contribution in [0.25, 0.3) is 0 Å². The van der Waals surface area contributed by atoms with Crippen molar-refractivity contribution >= 4 is 17.5 Å². The van der Waals surface area contributed by atoms with Crippen LogP contribution in [0.4, 0.5) is 23.2 Å². The van der Waals surface area contributed by atoms with E-state index in [1.54, 1.807) is 30.3 Å². The summed E-state index contributed by atoms with van der Waals surface area (Å²) in [6.45, 7) is -0.267. The molecule has 3 aromatic rings. The molecule has 0 aromatic heterocycles. The van der Waals surface area contributed by atoms with Crippen LogP contribution in [0.1, 0.15) is 21.5 Å². The van der Waals surface area contributed by atoms with E-state index in [4.69, 9.17) is 4.74 Å². The highest BCUT2D eigenvalue weighted by atomic mass is 19.4. The van der Waals surface area contributed by atoms with Crippen molar-refractivity contribution in [2.75, 3.05) is 11.9 Å². The summed E-state index contributed by atoms with van der Waals surface area (Å²) >= 11 is 0. The molecule has 0 radical (unpaired) electrons. The van der Waals surface area contributed by atoms with Gasteiger partial charge in [-0.2, -0.15) is 13.2 Å². The molecule has 10 heteroatoms. The first-order valence-electron chi connectivity index (χ1n) is 10.0. The summed E-state index contributed by atoms with van der Waals surface area (Å²) in [5.74, 6) is -3.18. The number of nitrogens with one attached hydrogen (secondary N) is 2. The van der Waals surface area contributed by atoms with Gasteiger partial charge < -0.3 is 20.5 Å². The molecule has 0 aliphatic rings. The van der Waals surface area contributed by atoms with Gasteiger partial charge in [-0.3, -0.25) is 9.59 Å². The fourth-order valence-electron chi connectivity index (χ4n) is 3.01. The number of aromatic hydroxyl groups is 1. The van der Waals surface area contributed by atoms with Crippen LogP contribution in [-0.4, -0.2) is 29.6 Å². The van der Waals surface area contributed by atoms with Gasteiger partial charge in [0.15, 0.2) is 0 Å². The number of amides is 2. The maximum absolute atomic E-state index is 13.4. The zero-order valence-electron chi connectivity index (χ0n) is 17.6. The van der Waals surface area contributed by atoms with Gasteiger partial charge in [0.05, 0.1) is 24.3 Å². The molecule has 0 aliphatic heterocycles. The number of hydrogen-bond acceptors (Lipinski definition) is 4. The summed E-state index contributed by atoms with van der Waals surface area (Å²) in [5.41, 5.74) is -1.24. The van der Waals surface area contributed by atoms with Crippen molar-refractivity contribution in [3.05, 3.63) is 95.3 Å². The molecule has 1 atom stereocenters. The molecule has 3 N–H and O–H groups in total. The van der Waals surface area contributed by atoms with Gasteiger partial charge in [-0.15, -0.1) is 0 Å². The van der Waals surface area contributed by atoms with E-state index in [-0.39, 0.29) is 30.7 Å². The van der Waals surface area contributed by atoms with Crippen LogP contribution in [0.3, 0.4) is 0 Å². The van der Waals surface area contributed by atoms with Gasteiger partial charge in [0.2, 0.25) is 5.91 Å². The molecule has 6 nitrogen and oxygen atoms in total. The Morgan fingerprint density at radius 2 is 1.65 bits per heavy atom.